The van der Waals surface area contributed by atoms with E-state index in [1.54, 1.807) is 30.3 Å². The summed E-state index contributed by atoms with van der Waals surface area (Å²) in [6.45, 7) is 1.50. The van der Waals surface area contributed by atoms with Gasteiger partial charge in [-0.3, -0.25) is 4.79 Å². The average molecular weight is 413 g/mol. The molecule has 6 heteroatoms. The molecule has 132 valence electrons. The van der Waals surface area contributed by atoms with Gasteiger partial charge in [0.05, 0.1) is 17.7 Å². The molecule has 0 spiro atoms. The van der Waals surface area contributed by atoms with Crippen LogP contribution in [0.5, 0.6) is 0 Å². The van der Waals surface area contributed by atoms with E-state index in [1.165, 1.54) is 6.08 Å². The molecule has 0 aliphatic rings. The van der Waals surface area contributed by atoms with Crippen molar-refractivity contribution in [3.8, 4) is 6.07 Å². The minimum Gasteiger partial charge on any atom is -0.452 e. The highest BCUT2D eigenvalue weighted by atomic mass is 79.9. The van der Waals surface area contributed by atoms with E-state index in [2.05, 4.69) is 21.2 Å². The number of carbonyl (C=O) groups excluding carboxylic acids is 2. The number of ether oxygens (including phenoxy) is 1. The van der Waals surface area contributed by atoms with Crippen molar-refractivity contribution in [3.63, 3.8) is 0 Å². The number of esters is 1. The SMILES string of the molecule is C[C@@H](NC(=O)COC(=O)/C=C/c1ccc(C#N)cc1)c1ccccc1Br. The third kappa shape index (κ3) is 5.87. The van der Waals surface area contributed by atoms with E-state index in [0.29, 0.717) is 5.56 Å². The second-order valence-electron chi connectivity index (χ2n) is 5.49. The molecule has 0 bridgehead atoms. The third-order valence-corrected chi connectivity index (χ3v) is 4.27. The van der Waals surface area contributed by atoms with E-state index in [-0.39, 0.29) is 18.6 Å². The number of amides is 1. The van der Waals surface area contributed by atoms with Crippen LogP contribution in [0.2, 0.25) is 0 Å². The number of nitrogens with one attached hydrogen (secondary N) is 1. The Morgan fingerprint density at radius 1 is 1.23 bits per heavy atom. The second-order valence-corrected chi connectivity index (χ2v) is 6.34. The molecular formula is C20H17BrN2O3. The van der Waals surface area contributed by atoms with E-state index < -0.39 is 5.97 Å². The molecule has 1 N–H and O–H groups in total. The van der Waals surface area contributed by atoms with E-state index in [1.807, 2.05) is 37.3 Å². The quantitative estimate of drug-likeness (QED) is 0.578. The van der Waals surface area contributed by atoms with Gasteiger partial charge in [-0.1, -0.05) is 46.3 Å². The van der Waals surface area contributed by atoms with Crippen molar-refractivity contribution in [1.29, 1.82) is 5.26 Å². The summed E-state index contributed by atoms with van der Waals surface area (Å²) in [4.78, 5) is 23.6. The van der Waals surface area contributed by atoms with Crippen molar-refractivity contribution >= 4 is 33.9 Å². The van der Waals surface area contributed by atoms with Gasteiger partial charge < -0.3 is 10.1 Å². The van der Waals surface area contributed by atoms with Crippen LogP contribution in [0, 0.1) is 11.3 Å². The van der Waals surface area contributed by atoms with Gasteiger partial charge in [0, 0.05) is 10.5 Å². The summed E-state index contributed by atoms with van der Waals surface area (Å²) in [5.41, 5.74) is 2.24. The zero-order chi connectivity index (χ0) is 18.9. The molecule has 26 heavy (non-hydrogen) atoms. The highest BCUT2D eigenvalue weighted by Gasteiger charge is 2.13. The van der Waals surface area contributed by atoms with Crippen LogP contribution >= 0.6 is 15.9 Å². The first-order chi connectivity index (χ1) is 12.5. The molecule has 0 aliphatic heterocycles. The van der Waals surface area contributed by atoms with Gasteiger partial charge in [0.15, 0.2) is 6.61 Å². The molecule has 0 unspecified atom stereocenters. The lowest BCUT2D eigenvalue weighted by molar-refractivity contribution is -0.144. The molecule has 2 aromatic rings. The van der Waals surface area contributed by atoms with Gasteiger partial charge in [-0.05, 0) is 42.3 Å². The van der Waals surface area contributed by atoms with E-state index in [4.69, 9.17) is 10.00 Å². The molecule has 0 radical (unpaired) electrons. The highest BCUT2D eigenvalue weighted by molar-refractivity contribution is 9.10. The van der Waals surface area contributed by atoms with Crippen molar-refractivity contribution < 1.29 is 14.3 Å². The third-order valence-electron chi connectivity index (χ3n) is 3.55. The van der Waals surface area contributed by atoms with E-state index >= 15 is 0 Å². The standard InChI is InChI=1S/C20H17BrN2O3/c1-14(17-4-2-3-5-18(17)21)23-19(24)13-26-20(25)11-10-15-6-8-16(12-22)9-7-15/h2-11,14H,13H2,1H3,(H,23,24)/b11-10+/t14-/m1/s1. The monoisotopic (exact) mass is 412 g/mol. The fourth-order valence-electron chi connectivity index (χ4n) is 2.20. The van der Waals surface area contributed by atoms with Gasteiger partial charge in [0.1, 0.15) is 0 Å². The number of hydrogen-bond acceptors (Lipinski definition) is 4. The Morgan fingerprint density at radius 2 is 1.92 bits per heavy atom. The molecule has 0 aliphatic carbocycles. The number of nitrogens with zero attached hydrogens (tertiary/aromatic N) is 1. The summed E-state index contributed by atoms with van der Waals surface area (Å²) in [6.07, 6.45) is 2.80. The van der Waals surface area contributed by atoms with Gasteiger partial charge in [-0.15, -0.1) is 0 Å². The zero-order valence-corrected chi connectivity index (χ0v) is 15.7. The molecule has 0 saturated heterocycles. The Bertz CT molecular complexity index is 854. The first-order valence-corrected chi connectivity index (χ1v) is 8.67. The molecule has 2 rings (SSSR count). The molecule has 5 nitrogen and oxygen atoms in total. The Hall–Kier alpha value is -2.91. The zero-order valence-electron chi connectivity index (χ0n) is 14.1. The Balaban J connectivity index is 1.81. The normalized spacial score (nSPS) is 11.6. The van der Waals surface area contributed by atoms with Gasteiger partial charge in [0.25, 0.3) is 5.91 Å². The number of hydrogen-bond donors (Lipinski definition) is 1. The van der Waals surface area contributed by atoms with Gasteiger partial charge in [-0.25, -0.2) is 4.79 Å². The van der Waals surface area contributed by atoms with Gasteiger partial charge in [-0.2, -0.15) is 5.26 Å². The fourth-order valence-corrected chi connectivity index (χ4v) is 2.83. The first-order valence-electron chi connectivity index (χ1n) is 7.88. The molecule has 2 aromatic carbocycles. The predicted molar refractivity (Wildman–Crippen MR) is 102 cm³/mol. The molecule has 0 saturated carbocycles. The van der Waals surface area contributed by atoms with Crippen LogP contribution in [0.3, 0.4) is 0 Å². The lowest BCUT2D eigenvalue weighted by Gasteiger charge is -2.15. The van der Waals surface area contributed by atoms with Crippen LogP contribution in [0.4, 0.5) is 0 Å². The molecule has 0 fully saturated rings. The van der Waals surface area contributed by atoms with Crippen molar-refractivity contribution in [2.75, 3.05) is 6.61 Å². The predicted octanol–water partition coefficient (Wildman–Crippen LogP) is 3.75. The van der Waals surface area contributed by atoms with Crippen molar-refractivity contribution in [3.05, 3.63) is 75.8 Å². The smallest absolute Gasteiger partial charge is 0.331 e. The number of halogens is 1. The Labute approximate surface area is 160 Å². The maximum atomic E-state index is 11.9. The minimum atomic E-state index is -0.613. The van der Waals surface area contributed by atoms with E-state index in [0.717, 1.165) is 15.6 Å². The van der Waals surface area contributed by atoms with Crippen molar-refractivity contribution in [1.82, 2.24) is 5.32 Å². The number of benzene rings is 2. The average Bonchev–Trinajstić information content (AvgIpc) is 2.65. The summed E-state index contributed by atoms with van der Waals surface area (Å²) in [6, 6.07) is 16.1. The van der Waals surface area contributed by atoms with Crippen LogP contribution in [0.15, 0.2) is 59.1 Å². The fraction of sp³-hybridized carbons (Fsp3) is 0.150. The van der Waals surface area contributed by atoms with Gasteiger partial charge >= 0.3 is 5.97 Å². The first kappa shape index (κ1) is 19.4. The van der Waals surface area contributed by atoms with Gasteiger partial charge in [0.2, 0.25) is 0 Å². The number of carbonyl (C=O) groups is 2. The number of nitriles is 1. The van der Waals surface area contributed by atoms with Crippen molar-refractivity contribution in [2.24, 2.45) is 0 Å². The summed E-state index contributed by atoms with van der Waals surface area (Å²) in [5.74, 6) is -0.994. The topological polar surface area (TPSA) is 79.2 Å². The molecule has 1 amide bonds. The number of rotatable bonds is 6. The van der Waals surface area contributed by atoms with Crippen LogP contribution < -0.4 is 5.32 Å². The van der Waals surface area contributed by atoms with Crippen LogP contribution in [0.25, 0.3) is 6.08 Å². The lowest BCUT2D eigenvalue weighted by Crippen LogP contribution is -2.31. The van der Waals surface area contributed by atoms with Crippen molar-refractivity contribution in [2.45, 2.75) is 13.0 Å². The largest absolute Gasteiger partial charge is 0.452 e. The maximum Gasteiger partial charge on any atom is 0.331 e. The second kappa shape index (κ2) is 9.54. The Kier molecular flexibility index (Phi) is 7.12. The highest BCUT2D eigenvalue weighted by Crippen LogP contribution is 2.22. The summed E-state index contributed by atoms with van der Waals surface area (Å²) in [5, 5.41) is 11.5. The molecular weight excluding hydrogens is 396 g/mol. The molecule has 1 atom stereocenters. The lowest BCUT2D eigenvalue weighted by atomic mass is 10.1. The minimum absolute atomic E-state index is 0.217. The van der Waals surface area contributed by atoms with Crippen LogP contribution in [-0.4, -0.2) is 18.5 Å². The maximum absolute atomic E-state index is 11.9. The summed E-state index contributed by atoms with van der Waals surface area (Å²) >= 11 is 3.44. The van der Waals surface area contributed by atoms with E-state index in [9.17, 15) is 9.59 Å². The molecule has 0 aromatic heterocycles. The summed E-state index contributed by atoms with van der Waals surface area (Å²) < 4.78 is 5.83. The summed E-state index contributed by atoms with van der Waals surface area (Å²) in [7, 11) is 0. The molecule has 0 heterocycles. The van der Waals surface area contributed by atoms with Crippen LogP contribution in [-0.2, 0) is 14.3 Å². The van der Waals surface area contributed by atoms with Crippen LogP contribution in [0.1, 0.15) is 29.7 Å². The Morgan fingerprint density at radius 3 is 2.58 bits per heavy atom.